The molecule has 6 nitrogen and oxygen atoms in total. The van der Waals surface area contributed by atoms with Crippen LogP contribution in [0.25, 0.3) is 0 Å². The summed E-state index contributed by atoms with van der Waals surface area (Å²) in [6.45, 7) is 1.73. The summed E-state index contributed by atoms with van der Waals surface area (Å²) in [5.74, 6) is 5.45. The molecule has 0 bridgehead atoms. The van der Waals surface area contributed by atoms with Gasteiger partial charge in [-0.2, -0.15) is 0 Å². The highest BCUT2D eigenvalue weighted by atomic mass is 16.2. The number of carbonyl (C=O) groups excluding carboxylic acids is 2. The Labute approximate surface area is 122 Å². The van der Waals surface area contributed by atoms with Crippen LogP contribution < -0.4 is 5.32 Å². The molecule has 0 saturated carbocycles. The fraction of sp³-hybridized carbons (Fsp3) is 0.200. The average Bonchev–Trinajstić information content (AvgIpc) is 2.90. The highest BCUT2D eigenvalue weighted by Gasteiger charge is 2.07. The molecule has 1 aromatic heterocycles. The quantitative estimate of drug-likeness (QED) is 0.667. The Hall–Kier alpha value is -2.94. The van der Waals surface area contributed by atoms with Gasteiger partial charge in [0.15, 0.2) is 11.5 Å². The molecule has 0 fully saturated rings. The summed E-state index contributed by atoms with van der Waals surface area (Å²) in [5.41, 5.74) is 1.69. The molecule has 21 heavy (non-hydrogen) atoms. The third-order valence-electron chi connectivity index (χ3n) is 2.70. The molecule has 106 valence electrons. The lowest BCUT2D eigenvalue weighted by atomic mass is 10.1. The fourth-order valence-electron chi connectivity index (χ4n) is 1.60. The van der Waals surface area contributed by atoms with Crippen LogP contribution in [0, 0.1) is 11.8 Å². The van der Waals surface area contributed by atoms with E-state index in [0.29, 0.717) is 5.56 Å². The minimum absolute atomic E-state index is 0.0192. The molecule has 0 aliphatic heterocycles. The molecule has 0 spiro atoms. The summed E-state index contributed by atoms with van der Waals surface area (Å²) in [4.78, 5) is 22.8. The SMILES string of the molecule is CC(=O)c1ccc(C#CCNC(=O)c2cn(C)nn2)cc1. The van der Waals surface area contributed by atoms with Gasteiger partial charge in [0, 0.05) is 18.2 Å². The molecule has 2 aromatic rings. The normalized spacial score (nSPS) is 9.62. The van der Waals surface area contributed by atoms with E-state index in [4.69, 9.17) is 0 Å². The Morgan fingerprint density at radius 2 is 2.00 bits per heavy atom. The summed E-state index contributed by atoms with van der Waals surface area (Å²) in [6, 6.07) is 7.00. The topological polar surface area (TPSA) is 76.9 Å². The number of aryl methyl sites for hydroxylation is 1. The molecule has 0 aliphatic carbocycles. The van der Waals surface area contributed by atoms with E-state index in [0.717, 1.165) is 5.56 Å². The number of ketones is 1. The van der Waals surface area contributed by atoms with Crippen molar-refractivity contribution in [3.05, 3.63) is 47.3 Å². The van der Waals surface area contributed by atoms with E-state index >= 15 is 0 Å². The largest absolute Gasteiger partial charge is 0.340 e. The molecule has 1 heterocycles. The Balaban J connectivity index is 1.89. The zero-order chi connectivity index (χ0) is 15.2. The van der Waals surface area contributed by atoms with Crippen LogP contribution in [-0.2, 0) is 7.05 Å². The number of Topliss-reactive ketones (excluding diaryl/α,β-unsaturated/α-hetero) is 1. The molecule has 0 saturated heterocycles. The molecule has 0 atom stereocenters. The summed E-state index contributed by atoms with van der Waals surface area (Å²) in [7, 11) is 1.69. The van der Waals surface area contributed by atoms with Gasteiger partial charge in [-0.15, -0.1) is 5.10 Å². The van der Waals surface area contributed by atoms with Gasteiger partial charge in [-0.25, -0.2) is 0 Å². The van der Waals surface area contributed by atoms with Crippen LogP contribution in [-0.4, -0.2) is 33.2 Å². The van der Waals surface area contributed by atoms with E-state index in [2.05, 4.69) is 27.5 Å². The van der Waals surface area contributed by atoms with Crippen LogP contribution in [0.5, 0.6) is 0 Å². The van der Waals surface area contributed by atoms with Crippen molar-refractivity contribution in [3.8, 4) is 11.8 Å². The Morgan fingerprint density at radius 3 is 2.57 bits per heavy atom. The summed E-state index contributed by atoms with van der Waals surface area (Å²) in [5, 5.41) is 10.0. The van der Waals surface area contributed by atoms with E-state index in [1.54, 1.807) is 31.3 Å². The summed E-state index contributed by atoms with van der Waals surface area (Å²) < 4.78 is 1.46. The highest BCUT2D eigenvalue weighted by Crippen LogP contribution is 2.03. The predicted octanol–water partition coefficient (Wildman–Crippen LogP) is 0.799. The fourth-order valence-corrected chi connectivity index (χ4v) is 1.60. The number of amides is 1. The third kappa shape index (κ3) is 4.01. The molecule has 2 rings (SSSR count). The number of hydrogen-bond donors (Lipinski definition) is 1. The van der Waals surface area contributed by atoms with E-state index in [-0.39, 0.29) is 23.9 Å². The van der Waals surface area contributed by atoms with Crippen LogP contribution in [0.4, 0.5) is 0 Å². The van der Waals surface area contributed by atoms with E-state index in [1.807, 2.05) is 0 Å². The molecule has 1 amide bonds. The molecule has 0 radical (unpaired) electrons. The minimum Gasteiger partial charge on any atom is -0.340 e. The van der Waals surface area contributed by atoms with Gasteiger partial charge in [-0.05, 0) is 19.1 Å². The van der Waals surface area contributed by atoms with Crippen molar-refractivity contribution in [1.82, 2.24) is 20.3 Å². The second-order valence-corrected chi connectivity index (χ2v) is 4.40. The zero-order valence-electron chi connectivity index (χ0n) is 11.8. The zero-order valence-corrected chi connectivity index (χ0v) is 11.8. The molecule has 1 N–H and O–H groups in total. The first kappa shape index (κ1) is 14.5. The van der Waals surface area contributed by atoms with Crippen molar-refractivity contribution in [1.29, 1.82) is 0 Å². The average molecular weight is 282 g/mol. The number of hydrogen-bond acceptors (Lipinski definition) is 4. The first-order chi connectivity index (χ1) is 10.1. The maximum Gasteiger partial charge on any atom is 0.274 e. The molecule has 0 unspecified atom stereocenters. The van der Waals surface area contributed by atoms with E-state index in [9.17, 15) is 9.59 Å². The number of rotatable bonds is 3. The van der Waals surface area contributed by atoms with Crippen molar-refractivity contribution in [2.45, 2.75) is 6.92 Å². The Kier molecular flexibility index (Phi) is 4.46. The molecule has 0 aliphatic rings. The van der Waals surface area contributed by atoms with Gasteiger partial charge in [-0.1, -0.05) is 29.2 Å². The number of aromatic nitrogens is 3. The molecule has 6 heteroatoms. The maximum absolute atomic E-state index is 11.7. The third-order valence-corrected chi connectivity index (χ3v) is 2.70. The van der Waals surface area contributed by atoms with Gasteiger partial charge in [0.05, 0.1) is 12.7 Å². The summed E-state index contributed by atoms with van der Waals surface area (Å²) in [6.07, 6.45) is 1.53. The lowest BCUT2D eigenvalue weighted by Crippen LogP contribution is -2.23. The van der Waals surface area contributed by atoms with Crippen LogP contribution >= 0.6 is 0 Å². The summed E-state index contributed by atoms with van der Waals surface area (Å²) >= 11 is 0. The van der Waals surface area contributed by atoms with Crippen LogP contribution in [0.2, 0.25) is 0 Å². The van der Waals surface area contributed by atoms with E-state index in [1.165, 1.54) is 17.8 Å². The van der Waals surface area contributed by atoms with Crippen molar-refractivity contribution in [3.63, 3.8) is 0 Å². The van der Waals surface area contributed by atoms with Gasteiger partial charge in [-0.3, -0.25) is 14.3 Å². The van der Waals surface area contributed by atoms with Crippen LogP contribution in [0.15, 0.2) is 30.5 Å². The lowest BCUT2D eigenvalue weighted by molar-refractivity contribution is 0.0952. The number of nitrogens with zero attached hydrogens (tertiary/aromatic N) is 3. The van der Waals surface area contributed by atoms with Gasteiger partial charge in [0.1, 0.15) is 0 Å². The smallest absolute Gasteiger partial charge is 0.274 e. The van der Waals surface area contributed by atoms with Gasteiger partial charge in [0.2, 0.25) is 0 Å². The predicted molar refractivity (Wildman–Crippen MR) is 76.7 cm³/mol. The van der Waals surface area contributed by atoms with Crippen molar-refractivity contribution < 1.29 is 9.59 Å². The first-order valence-electron chi connectivity index (χ1n) is 6.30. The highest BCUT2D eigenvalue weighted by molar-refractivity contribution is 5.94. The number of carbonyl (C=O) groups is 2. The molecule has 1 aromatic carbocycles. The number of benzene rings is 1. The second kappa shape index (κ2) is 6.48. The Morgan fingerprint density at radius 1 is 1.29 bits per heavy atom. The van der Waals surface area contributed by atoms with Gasteiger partial charge >= 0.3 is 0 Å². The first-order valence-corrected chi connectivity index (χ1v) is 6.30. The standard InChI is InChI=1S/C15H14N4O2/c1-11(20)13-7-5-12(6-8-13)4-3-9-16-15(21)14-10-19(2)18-17-14/h5-8,10H,9H2,1-2H3,(H,16,21). The Bertz CT molecular complexity index is 720. The molecular formula is C15H14N4O2. The monoisotopic (exact) mass is 282 g/mol. The molecular weight excluding hydrogens is 268 g/mol. The van der Waals surface area contributed by atoms with Gasteiger partial charge in [0.25, 0.3) is 5.91 Å². The second-order valence-electron chi connectivity index (χ2n) is 4.40. The van der Waals surface area contributed by atoms with Crippen molar-refractivity contribution in [2.75, 3.05) is 6.54 Å². The van der Waals surface area contributed by atoms with Gasteiger partial charge < -0.3 is 5.32 Å². The van der Waals surface area contributed by atoms with Crippen molar-refractivity contribution in [2.24, 2.45) is 7.05 Å². The van der Waals surface area contributed by atoms with Crippen LogP contribution in [0.3, 0.4) is 0 Å². The number of nitrogens with one attached hydrogen (secondary N) is 1. The van der Waals surface area contributed by atoms with E-state index < -0.39 is 0 Å². The maximum atomic E-state index is 11.7. The minimum atomic E-state index is -0.315. The van der Waals surface area contributed by atoms with Crippen molar-refractivity contribution >= 4 is 11.7 Å². The lowest BCUT2D eigenvalue weighted by Gasteiger charge is -1.96. The van der Waals surface area contributed by atoms with Crippen LogP contribution in [0.1, 0.15) is 33.3 Å².